The number of hydrogen-bond donors (Lipinski definition) is 4. The molecule has 1 unspecified atom stereocenters. The molecule has 1 saturated heterocycles. The Kier molecular flexibility index (Phi) is 7.78. The Labute approximate surface area is 160 Å². The average molecular weight is 412 g/mol. The minimum Gasteiger partial charge on any atom is -0.394 e. The van der Waals surface area contributed by atoms with Crippen LogP contribution in [0, 0.1) is 24.2 Å². The number of terminal acetylenes is 1. The first-order chi connectivity index (χ1) is 13.2. The fourth-order valence-electron chi connectivity index (χ4n) is 2.71. The standard InChI is InChI=1S/C17H21N2O8P/c1-2-3-4-5-6-7-8-12-10-19(17(22)18-16(12)21)15-9-13(14(11-20)26-15)27-28(23,24)25/h1,10,13-15,20H,3-6,9,11H2,(H,18,21,22)(H2,23,24,25)/t13?,14-,15-/m1/s1. The minimum atomic E-state index is -4.81. The van der Waals surface area contributed by atoms with E-state index in [0.717, 1.165) is 17.4 Å². The van der Waals surface area contributed by atoms with E-state index < -0.39 is 44.1 Å². The first kappa shape index (κ1) is 22.1. The summed E-state index contributed by atoms with van der Waals surface area (Å²) in [6, 6.07) is 0. The highest BCUT2D eigenvalue weighted by molar-refractivity contribution is 7.46. The van der Waals surface area contributed by atoms with Crippen LogP contribution in [0.25, 0.3) is 0 Å². The average Bonchev–Trinajstić information content (AvgIpc) is 3.00. The summed E-state index contributed by atoms with van der Waals surface area (Å²) in [6.07, 6.45) is 5.89. The highest BCUT2D eigenvalue weighted by Crippen LogP contribution is 2.43. The number of phosphoric acid groups is 1. The summed E-state index contributed by atoms with van der Waals surface area (Å²) in [4.78, 5) is 44.1. The normalized spacial score (nSPS) is 21.7. The molecule has 0 bridgehead atoms. The van der Waals surface area contributed by atoms with Crippen molar-refractivity contribution < 1.29 is 28.7 Å². The summed E-state index contributed by atoms with van der Waals surface area (Å²) in [5, 5.41) is 9.33. The molecule has 0 radical (unpaired) electrons. The Morgan fingerprint density at radius 2 is 2.07 bits per heavy atom. The van der Waals surface area contributed by atoms with Gasteiger partial charge in [-0.15, -0.1) is 12.3 Å². The molecule has 1 fully saturated rings. The second-order valence-corrected chi connectivity index (χ2v) is 7.30. The number of aliphatic hydroxyl groups is 1. The largest absolute Gasteiger partial charge is 0.469 e. The van der Waals surface area contributed by atoms with Crippen LogP contribution >= 0.6 is 7.82 Å². The Morgan fingerprint density at radius 3 is 2.71 bits per heavy atom. The van der Waals surface area contributed by atoms with E-state index >= 15 is 0 Å². The maximum absolute atomic E-state index is 12.1. The summed E-state index contributed by atoms with van der Waals surface area (Å²) >= 11 is 0. The quantitative estimate of drug-likeness (QED) is 0.274. The van der Waals surface area contributed by atoms with Crippen molar-refractivity contribution in [3.8, 4) is 24.2 Å². The third-order valence-electron chi connectivity index (χ3n) is 4.01. The number of aliphatic hydroxyl groups excluding tert-OH is 1. The van der Waals surface area contributed by atoms with E-state index in [4.69, 9.17) is 20.9 Å². The molecule has 0 saturated carbocycles. The molecule has 2 heterocycles. The molecule has 1 aliphatic heterocycles. The van der Waals surface area contributed by atoms with Gasteiger partial charge in [0.1, 0.15) is 24.0 Å². The van der Waals surface area contributed by atoms with Crippen LogP contribution in [0.1, 0.15) is 43.9 Å². The molecular formula is C17H21N2O8P. The number of aromatic nitrogens is 2. The van der Waals surface area contributed by atoms with E-state index in [-0.39, 0.29) is 12.0 Å². The lowest BCUT2D eigenvalue weighted by atomic mass is 10.2. The van der Waals surface area contributed by atoms with Crippen molar-refractivity contribution >= 4 is 7.82 Å². The SMILES string of the molecule is C#CCCCCC#Cc1cn([C@H]2CC(OP(=O)(O)O)[C@@H](CO)O2)c(=O)[nH]c1=O. The van der Waals surface area contributed by atoms with Gasteiger partial charge >= 0.3 is 13.5 Å². The van der Waals surface area contributed by atoms with E-state index in [1.54, 1.807) is 0 Å². The van der Waals surface area contributed by atoms with Gasteiger partial charge in [0.05, 0.1) is 6.61 Å². The third-order valence-corrected chi connectivity index (χ3v) is 4.55. The Morgan fingerprint density at radius 1 is 1.36 bits per heavy atom. The molecule has 0 amide bonds. The van der Waals surface area contributed by atoms with Gasteiger partial charge in [-0.1, -0.05) is 11.8 Å². The van der Waals surface area contributed by atoms with E-state index in [0.29, 0.717) is 12.8 Å². The van der Waals surface area contributed by atoms with E-state index in [9.17, 15) is 19.3 Å². The monoisotopic (exact) mass is 412 g/mol. The summed E-state index contributed by atoms with van der Waals surface area (Å²) < 4.78 is 22.2. The van der Waals surface area contributed by atoms with Gasteiger partial charge < -0.3 is 19.6 Å². The highest BCUT2D eigenvalue weighted by atomic mass is 31.2. The molecule has 4 N–H and O–H groups in total. The Bertz CT molecular complexity index is 945. The number of unbranched alkanes of at least 4 members (excludes halogenated alkanes) is 3. The van der Waals surface area contributed by atoms with Crippen LogP contribution in [0.3, 0.4) is 0 Å². The summed E-state index contributed by atoms with van der Waals surface area (Å²) in [5.74, 6) is 8.05. The maximum Gasteiger partial charge on any atom is 0.469 e. The lowest BCUT2D eigenvalue weighted by Gasteiger charge is -2.16. The van der Waals surface area contributed by atoms with Crippen LogP contribution in [-0.4, -0.2) is 43.3 Å². The first-order valence-corrected chi connectivity index (χ1v) is 10.1. The van der Waals surface area contributed by atoms with Gasteiger partial charge in [-0.3, -0.25) is 18.9 Å². The Balaban J connectivity index is 2.19. The maximum atomic E-state index is 12.1. The molecule has 10 nitrogen and oxygen atoms in total. The van der Waals surface area contributed by atoms with Crippen molar-refractivity contribution in [2.45, 2.75) is 50.5 Å². The van der Waals surface area contributed by atoms with Crippen molar-refractivity contribution in [2.24, 2.45) is 0 Å². The van der Waals surface area contributed by atoms with E-state index in [2.05, 4.69) is 27.3 Å². The molecule has 1 aromatic heterocycles. The second-order valence-electron chi connectivity index (χ2n) is 6.10. The van der Waals surface area contributed by atoms with Crippen LogP contribution in [0.2, 0.25) is 0 Å². The molecule has 1 aliphatic rings. The lowest BCUT2D eigenvalue weighted by Crippen LogP contribution is -2.33. The number of aromatic amines is 1. The van der Waals surface area contributed by atoms with E-state index in [1.807, 2.05) is 0 Å². The van der Waals surface area contributed by atoms with Gasteiger partial charge in [0.25, 0.3) is 5.56 Å². The minimum absolute atomic E-state index is 0.0417. The number of rotatable bonds is 7. The summed E-state index contributed by atoms with van der Waals surface area (Å²) in [5.41, 5.74) is -1.39. The van der Waals surface area contributed by atoms with Gasteiger partial charge in [0.15, 0.2) is 0 Å². The molecule has 11 heteroatoms. The molecule has 3 atom stereocenters. The molecule has 28 heavy (non-hydrogen) atoms. The molecule has 2 rings (SSSR count). The molecule has 0 aromatic carbocycles. The zero-order valence-electron chi connectivity index (χ0n) is 14.9. The predicted octanol–water partition coefficient (Wildman–Crippen LogP) is -0.161. The predicted molar refractivity (Wildman–Crippen MR) is 98.0 cm³/mol. The van der Waals surface area contributed by atoms with Crippen molar-refractivity contribution in [1.82, 2.24) is 9.55 Å². The van der Waals surface area contributed by atoms with Gasteiger partial charge in [-0.2, -0.15) is 0 Å². The first-order valence-electron chi connectivity index (χ1n) is 8.53. The van der Waals surface area contributed by atoms with Crippen molar-refractivity contribution in [3.63, 3.8) is 0 Å². The number of nitrogens with zero attached hydrogens (tertiary/aromatic N) is 1. The fourth-order valence-corrected chi connectivity index (χ4v) is 3.28. The summed E-state index contributed by atoms with van der Waals surface area (Å²) in [7, 11) is -4.81. The number of nitrogens with one attached hydrogen (secondary N) is 1. The topological polar surface area (TPSA) is 151 Å². The number of phosphoric ester groups is 1. The molecule has 1 aromatic rings. The number of hydrogen-bond acceptors (Lipinski definition) is 6. The smallest absolute Gasteiger partial charge is 0.394 e. The summed E-state index contributed by atoms with van der Waals surface area (Å²) in [6.45, 7) is -0.566. The fraction of sp³-hybridized carbons (Fsp3) is 0.529. The lowest BCUT2D eigenvalue weighted by molar-refractivity contribution is -0.0452. The van der Waals surface area contributed by atoms with Gasteiger partial charge in [0, 0.05) is 25.5 Å². The van der Waals surface area contributed by atoms with Crippen LogP contribution in [-0.2, 0) is 13.8 Å². The second kappa shape index (κ2) is 9.85. The van der Waals surface area contributed by atoms with Crippen LogP contribution in [0.4, 0.5) is 0 Å². The molecule has 152 valence electrons. The van der Waals surface area contributed by atoms with Gasteiger partial charge in [0.2, 0.25) is 0 Å². The number of ether oxygens (including phenoxy) is 1. The van der Waals surface area contributed by atoms with Crippen LogP contribution < -0.4 is 11.2 Å². The van der Waals surface area contributed by atoms with Crippen LogP contribution in [0.5, 0.6) is 0 Å². The van der Waals surface area contributed by atoms with Gasteiger partial charge in [-0.25, -0.2) is 9.36 Å². The van der Waals surface area contributed by atoms with E-state index in [1.165, 1.54) is 6.20 Å². The third kappa shape index (κ3) is 6.18. The van der Waals surface area contributed by atoms with Crippen molar-refractivity contribution in [2.75, 3.05) is 6.61 Å². The zero-order chi connectivity index (χ0) is 20.7. The molecular weight excluding hydrogens is 391 g/mol. The Hall–Kier alpha value is -2.17. The van der Waals surface area contributed by atoms with Gasteiger partial charge in [-0.05, 0) is 12.8 Å². The van der Waals surface area contributed by atoms with Crippen LogP contribution in [0.15, 0.2) is 15.8 Å². The van der Waals surface area contributed by atoms with Crippen molar-refractivity contribution in [1.29, 1.82) is 0 Å². The van der Waals surface area contributed by atoms with Crippen molar-refractivity contribution in [3.05, 3.63) is 32.6 Å². The zero-order valence-corrected chi connectivity index (χ0v) is 15.8. The molecule has 0 spiro atoms. The number of H-pyrrole nitrogens is 1. The molecule has 0 aliphatic carbocycles. The highest BCUT2D eigenvalue weighted by Gasteiger charge is 2.40.